The molecule has 2 aliphatic heterocycles. The molecule has 3 heterocycles. The zero-order chi connectivity index (χ0) is 11.7. The predicted octanol–water partition coefficient (Wildman–Crippen LogP) is 1.56. The Bertz CT molecular complexity index is 379. The predicted molar refractivity (Wildman–Crippen MR) is 61.7 cm³/mol. The molecule has 2 saturated heterocycles. The molecule has 1 aromatic rings. The molecule has 1 N–H and O–H groups in total. The number of piperidine rings is 1. The fourth-order valence-corrected chi connectivity index (χ4v) is 2.53. The lowest BCUT2D eigenvalue weighted by Gasteiger charge is -2.20. The summed E-state index contributed by atoms with van der Waals surface area (Å²) in [6, 6.07) is 0.246. The first-order chi connectivity index (χ1) is 8.28. The highest BCUT2D eigenvalue weighted by Crippen LogP contribution is 2.31. The number of rotatable bonds is 2. The van der Waals surface area contributed by atoms with Gasteiger partial charge in [-0.25, -0.2) is 0 Å². The molecule has 5 heteroatoms. The second-order valence-corrected chi connectivity index (χ2v) is 5.32. The molecular formula is C12H19N3O2. The normalized spacial score (nSPS) is 34.1. The number of nitrogens with one attached hydrogen (secondary N) is 1. The third kappa shape index (κ3) is 2.09. The second-order valence-electron chi connectivity index (χ2n) is 5.32. The molecule has 2 aliphatic rings. The van der Waals surface area contributed by atoms with Crippen molar-refractivity contribution in [1.82, 2.24) is 15.5 Å². The van der Waals surface area contributed by atoms with Gasteiger partial charge in [-0.05, 0) is 32.7 Å². The topological polar surface area (TPSA) is 60.2 Å². The maximum Gasteiger partial charge on any atom is 0.243 e. The van der Waals surface area contributed by atoms with Crippen LogP contribution in [0.25, 0.3) is 0 Å². The van der Waals surface area contributed by atoms with E-state index < -0.39 is 0 Å². The Hall–Kier alpha value is -0.940. The van der Waals surface area contributed by atoms with Crippen molar-refractivity contribution in [2.24, 2.45) is 0 Å². The highest BCUT2D eigenvalue weighted by molar-refractivity contribution is 5.08. The van der Waals surface area contributed by atoms with E-state index in [9.17, 15) is 0 Å². The smallest absolute Gasteiger partial charge is 0.243 e. The van der Waals surface area contributed by atoms with Crippen molar-refractivity contribution in [1.29, 1.82) is 0 Å². The Kier molecular flexibility index (Phi) is 2.88. The minimum Gasteiger partial charge on any atom is -0.380 e. The Morgan fingerprint density at radius 1 is 1.41 bits per heavy atom. The van der Waals surface area contributed by atoms with Crippen LogP contribution in [0.2, 0.25) is 0 Å². The monoisotopic (exact) mass is 237 g/mol. The summed E-state index contributed by atoms with van der Waals surface area (Å²) in [4.78, 5) is 4.57. The van der Waals surface area contributed by atoms with Gasteiger partial charge in [0.2, 0.25) is 5.89 Å². The van der Waals surface area contributed by atoms with Gasteiger partial charge in [-0.15, -0.1) is 0 Å². The Morgan fingerprint density at radius 2 is 2.35 bits per heavy atom. The lowest BCUT2D eigenvalue weighted by Crippen LogP contribution is -2.27. The Morgan fingerprint density at radius 3 is 3.06 bits per heavy atom. The maximum atomic E-state index is 5.43. The van der Waals surface area contributed by atoms with E-state index in [1.165, 1.54) is 12.8 Å². The van der Waals surface area contributed by atoms with Crippen molar-refractivity contribution < 1.29 is 9.26 Å². The molecule has 0 radical (unpaired) electrons. The molecule has 0 saturated carbocycles. The molecule has 0 bridgehead atoms. The molecule has 0 aliphatic carbocycles. The van der Waals surface area contributed by atoms with E-state index in [1.54, 1.807) is 0 Å². The van der Waals surface area contributed by atoms with Crippen LogP contribution >= 0.6 is 0 Å². The van der Waals surface area contributed by atoms with Gasteiger partial charge in [0.25, 0.3) is 0 Å². The van der Waals surface area contributed by atoms with Crippen LogP contribution in [-0.4, -0.2) is 29.9 Å². The Labute approximate surface area is 101 Å². The molecule has 2 atom stereocenters. The first kappa shape index (κ1) is 11.2. The van der Waals surface area contributed by atoms with Crippen LogP contribution in [-0.2, 0) is 10.2 Å². The summed E-state index contributed by atoms with van der Waals surface area (Å²) in [7, 11) is 0. The van der Waals surface area contributed by atoms with Gasteiger partial charge in [-0.1, -0.05) is 11.6 Å². The highest BCUT2D eigenvalue weighted by Gasteiger charge is 2.37. The van der Waals surface area contributed by atoms with E-state index in [4.69, 9.17) is 9.26 Å². The van der Waals surface area contributed by atoms with Crippen molar-refractivity contribution in [2.45, 2.75) is 44.1 Å². The van der Waals surface area contributed by atoms with Gasteiger partial charge < -0.3 is 14.6 Å². The lowest BCUT2D eigenvalue weighted by atomic mass is 9.89. The molecule has 3 rings (SSSR count). The summed E-state index contributed by atoms with van der Waals surface area (Å²) >= 11 is 0. The summed E-state index contributed by atoms with van der Waals surface area (Å²) in [5.74, 6) is 1.55. The summed E-state index contributed by atoms with van der Waals surface area (Å²) < 4.78 is 10.8. The zero-order valence-corrected chi connectivity index (χ0v) is 10.2. The molecule has 1 aromatic heterocycles. The molecule has 0 spiro atoms. The van der Waals surface area contributed by atoms with Crippen LogP contribution in [0, 0.1) is 0 Å². The molecule has 5 nitrogen and oxygen atoms in total. The highest BCUT2D eigenvalue weighted by atomic mass is 16.5. The van der Waals surface area contributed by atoms with Crippen LogP contribution in [0.3, 0.4) is 0 Å². The summed E-state index contributed by atoms with van der Waals surface area (Å²) in [6.45, 7) is 4.68. The van der Waals surface area contributed by atoms with E-state index in [0.717, 1.165) is 37.7 Å². The SMILES string of the molecule is CC1(c2noc(C3CCCCN3)n2)CCOC1. The van der Waals surface area contributed by atoms with E-state index >= 15 is 0 Å². The summed E-state index contributed by atoms with van der Waals surface area (Å²) in [6.07, 6.45) is 4.54. The number of nitrogens with zero attached hydrogens (tertiary/aromatic N) is 2. The van der Waals surface area contributed by atoms with Crippen molar-refractivity contribution in [3.05, 3.63) is 11.7 Å². The second kappa shape index (κ2) is 4.38. The quantitative estimate of drug-likeness (QED) is 0.846. The number of ether oxygens (including phenoxy) is 1. The molecule has 2 fully saturated rings. The summed E-state index contributed by atoms with van der Waals surface area (Å²) in [5, 5.41) is 7.56. The fourth-order valence-electron chi connectivity index (χ4n) is 2.53. The number of hydrogen-bond donors (Lipinski definition) is 1. The molecule has 94 valence electrons. The van der Waals surface area contributed by atoms with Crippen LogP contribution in [0.5, 0.6) is 0 Å². The largest absolute Gasteiger partial charge is 0.380 e. The fraction of sp³-hybridized carbons (Fsp3) is 0.833. The first-order valence-corrected chi connectivity index (χ1v) is 6.43. The molecule has 2 unspecified atom stereocenters. The van der Waals surface area contributed by atoms with Crippen molar-refractivity contribution in [2.75, 3.05) is 19.8 Å². The Balaban J connectivity index is 1.77. The van der Waals surface area contributed by atoms with E-state index in [1.807, 2.05) is 0 Å². The lowest BCUT2D eigenvalue weighted by molar-refractivity contribution is 0.178. The standard InChI is InChI=1S/C12H19N3O2/c1-12(5-7-16-8-12)11-14-10(17-15-11)9-4-2-3-6-13-9/h9,13H,2-8H2,1H3. The van der Waals surface area contributed by atoms with Crippen LogP contribution in [0.4, 0.5) is 0 Å². The van der Waals surface area contributed by atoms with E-state index in [-0.39, 0.29) is 11.5 Å². The van der Waals surface area contributed by atoms with Gasteiger partial charge in [0, 0.05) is 6.61 Å². The summed E-state index contributed by atoms with van der Waals surface area (Å²) in [5.41, 5.74) is -0.0591. The van der Waals surface area contributed by atoms with Crippen molar-refractivity contribution in [3.63, 3.8) is 0 Å². The number of hydrogen-bond acceptors (Lipinski definition) is 5. The van der Waals surface area contributed by atoms with Crippen LogP contribution < -0.4 is 5.32 Å². The van der Waals surface area contributed by atoms with Gasteiger partial charge in [0.1, 0.15) is 0 Å². The molecule has 17 heavy (non-hydrogen) atoms. The van der Waals surface area contributed by atoms with Gasteiger partial charge in [-0.3, -0.25) is 0 Å². The van der Waals surface area contributed by atoms with Crippen LogP contribution in [0.1, 0.15) is 50.4 Å². The van der Waals surface area contributed by atoms with E-state index in [2.05, 4.69) is 22.4 Å². The minimum absolute atomic E-state index is 0.0591. The van der Waals surface area contributed by atoms with Gasteiger partial charge in [0.15, 0.2) is 5.82 Å². The van der Waals surface area contributed by atoms with Gasteiger partial charge >= 0.3 is 0 Å². The van der Waals surface area contributed by atoms with Crippen LogP contribution in [0.15, 0.2) is 4.52 Å². The van der Waals surface area contributed by atoms with Crippen molar-refractivity contribution >= 4 is 0 Å². The minimum atomic E-state index is -0.0591. The average Bonchev–Trinajstić information content (AvgIpc) is 2.99. The zero-order valence-electron chi connectivity index (χ0n) is 10.2. The molecule has 0 aromatic carbocycles. The maximum absolute atomic E-state index is 5.43. The molecular weight excluding hydrogens is 218 g/mol. The first-order valence-electron chi connectivity index (χ1n) is 6.43. The third-order valence-electron chi connectivity index (χ3n) is 3.81. The third-order valence-corrected chi connectivity index (χ3v) is 3.81. The number of aromatic nitrogens is 2. The van der Waals surface area contributed by atoms with Crippen molar-refractivity contribution in [3.8, 4) is 0 Å². The van der Waals surface area contributed by atoms with Gasteiger partial charge in [0.05, 0.1) is 18.1 Å². The van der Waals surface area contributed by atoms with E-state index in [0.29, 0.717) is 6.61 Å². The molecule has 0 amide bonds. The van der Waals surface area contributed by atoms with Gasteiger partial charge in [-0.2, -0.15) is 4.98 Å². The average molecular weight is 237 g/mol.